The van der Waals surface area contributed by atoms with Crippen molar-refractivity contribution in [3.05, 3.63) is 65.7 Å². The van der Waals surface area contributed by atoms with Crippen LogP contribution in [0.2, 0.25) is 0 Å². The van der Waals surface area contributed by atoms with E-state index in [1.54, 1.807) is 24.5 Å². The van der Waals surface area contributed by atoms with Crippen molar-refractivity contribution in [2.75, 3.05) is 13.1 Å². The van der Waals surface area contributed by atoms with Gasteiger partial charge in [-0.3, -0.25) is 9.78 Å². The molecule has 0 atom stereocenters. The highest BCUT2D eigenvalue weighted by molar-refractivity contribution is 5.94. The van der Waals surface area contributed by atoms with Crippen LogP contribution in [0.5, 0.6) is 0 Å². The molecule has 1 fully saturated rings. The van der Waals surface area contributed by atoms with Crippen molar-refractivity contribution >= 4 is 16.9 Å². The molecule has 0 bridgehead atoms. The SMILES string of the molecule is Cc1oc2ccccc2c1CNC1CCN(C(=O)c2ccncc2)CC1. The Bertz CT molecular complexity index is 896. The smallest absolute Gasteiger partial charge is 0.253 e. The first-order valence-corrected chi connectivity index (χ1v) is 9.12. The second-order valence-electron chi connectivity index (χ2n) is 6.82. The molecule has 1 aliphatic rings. The van der Waals surface area contributed by atoms with Crippen molar-refractivity contribution < 1.29 is 9.21 Å². The molecule has 2 aromatic heterocycles. The van der Waals surface area contributed by atoms with Crippen molar-refractivity contribution in [3.8, 4) is 0 Å². The van der Waals surface area contributed by atoms with Gasteiger partial charge < -0.3 is 14.6 Å². The third-order valence-electron chi connectivity index (χ3n) is 5.18. The summed E-state index contributed by atoms with van der Waals surface area (Å²) in [5.74, 6) is 1.08. The lowest BCUT2D eigenvalue weighted by Gasteiger charge is -2.32. The van der Waals surface area contributed by atoms with Gasteiger partial charge in [0, 0.05) is 54.6 Å². The highest BCUT2D eigenvalue weighted by Gasteiger charge is 2.23. The fourth-order valence-electron chi connectivity index (χ4n) is 3.65. The minimum atomic E-state index is 0.0996. The lowest BCUT2D eigenvalue weighted by Crippen LogP contribution is -2.44. The van der Waals surface area contributed by atoms with Gasteiger partial charge in [-0.15, -0.1) is 0 Å². The van der Waals surface area contributed by atoms with Gasteiger partial charge in [-0.2, -0.15) is 0 Å². The highest BCUT2D eigenvalue weighted by Crippen LogP contribution is 2.25. The molecular formula is C21H23N3O2. The molecule has 1 aliphatic heterocycles. The summed E-state index contributed by atoms with van der Waals surface area (Å²) in [6.07, 6.45) is 5.26. The number of nitrogens with zero attached hydrogens (tertiary/aromatic N) is 2. The Morgan fingerprint density at radius 3 is 2.69 bits per heavy atom. The molecule has 1 N–H and O–H groups in total. The largest absolute Gasteiger partial charge is 0.461 e. The lowest BCUT2D eigenvalue weighted by molar-refractivity contribution is 0.0704. The molecule has 3 heterocycles. The molecule has 4 rings (SSSR count). The Morgan fingerprint density at radius 2 is 1.92 bits per heavy atom. The van der Waals surface area contributed by atoms with E-state index in [4.69, 9.17) is 4.42 Å². The highest BCUT2D eigenvalue weighted by atomic mass is 16.3. The van der Waals surface area contributed by atoms with Gasteiger partial charge in [0.2, 0.25) is 0 Å². The maximum Gasteiger partial charge on any atom is 0.253 e. The summed E-state index contributed by atoms with van der Waals surface area (Å²) < 4.78 is 5.84. The number of fused-ring (bicyclic) bond motifs is 1. The van der Waals surface area contributed by atoms with Crippen LogP contribution in [-0.2, 0) is 6.54 Å². The van der Waals surface area contributed by atoms with Crippen molar-refractivity contribution in [2.45, 2.75) is 32.4 Å². The van der Waals surface area contributed by atoms with Crippen LogP contribution in [0.25, 0.3) is 11.0 Å². The number of nitrogens with one attached hydrogen (secondary N) is 1. The third kappa shape index (κ3) is 3.35. The molecule has 26 heavy (non-hydrogen) atoms. The lowest BCUT2D eigenvalue weighted by atomic mass is 10.0. The molecule has 134 valence electrons. The predicted octanol–water partition coefficient (Wildman–Crippen LogP) is 3.53. The van der Waals surface area contributed by atoms with Crippen LogP contribution in [0.4, 0.5) is 0 Å². The summed E-state index contributed by atoms with van der Waals surface area (Å²) in [5.41, 5.74) is 2.89. The van der Waals surface area contributed by atoms with E-state index in [-0.39, 0.29) is 5.91 Å². The van der Waals surface area contributed by atoms with Crippen LogP contribution < -0.4 is 5.32 Å². The number of piperidine rings is 1. The maximum atomic E-state index is 12.5. The number of likely N-dealkylation sites (tertiary alicyclic amines) is 1. The summed E-state index contributed by atoms with van der Waals surface area (Å²) in [6, 6.07) is 12.1. The quantitative estimate of drug-likeness (QED) is 0.783. The van der Waals surface area contributed by atoms with E-state index in [1.807, 2.05) is 30.0 Å². The van der Waals surface area contributed by atoms with Gasteiger partial charge in [0.25, 0.3) is 5.91 Å². The molecule has 5 nitrogen and oxygen atoms in total. The number of furan rings is 1. The van der Waals surface area contributed by atoms with Gasteiger partial charge in [-0.25, -0.2) is 0 Å². The van der Waals surface area contributed by atoms with E-state index < -0.39 is 0 Å². The second-order valence-corrected chi connectivity index (χ2v) is 6.82. The van der Waals surface area contributed by atoms with Crippen LogP contribution in [0.15, 0.2) is 53.2 Å². The second kappa shape index (κ2) is 7.30. The Morgan fingerprint density at radius 1 is 1.19 bits per heavy atom. The van der Waals surface area contributed by atoms with Gasteiger partial charge in [0.05, 0.1) is 0 Å². The molecule has 0 aliphatic carbocycles. The standard InChI is InChI=1S/C21H23N3O2/c1-15-19(18-4-2-3-5-20(18)26-15)14-23-17-8-12-24(13-9-17)21(25)16-6-10-22-11-7-16/h2-7,10-11,17,23H,8-9,12-14H2,1H3. The Labute approximate surface area is 153 Å². The predicted molar refractivity (Wildman–Crippen MR) is 101 cm³/mol. The number of pyridine rings is 1. The normalized spacial score (nSPS) is 15.5. The van der Waals surface area contributed by atoms with Crippen LogP contribution in [0.3, 0.4) is 0 Å². The number of benzene rings is 1. The number of hydrogen-bond donors (Lipinski definition) is 1. The minimum Gasteiger partial charge on any atom is -0.461 e. The number of aryl methyl sites for hydroxylation is 1. The fourth-order valence-corrected chi connectivity index (χ4v) is 3.65. The summed E-state index contributed by atoms with van der Waals surface area (Å²) in [5, 5.41) is 4.83. The van der Waals surface area contributed by atoms with E-state index >= 15 is 0 Å². The van der Waals surface area contributed by atoms with E-state index in [0.29, 0.717) is 11.6 Å². The maximum absolute atomic E-state index is 12.5. The third-order valence-corrected chi connectivity index (χ3v) is 5.18. The Kier molecular flexibility index (Phi) is 4.71. The minimum absolute atomic E-state index is 0.0996. The first kappa shape index (κ1) is 16.8. The molecule has 0 radical (unpaired) electrons. The van der Waals surface area contributed by atoms with E-state index in [0.717, 1.165) is 43.8 Å². The van der Waals surface area contributed by atoms with Crippen molar-refractivity contribution in [3.63, 3.8) is 0 Å². The zero-order valence-electron chi connectivity index (χ0n) is 14.9. The molecule has 0 unspecified atom stereocenters. The molecule has 1 amide bonds. The molecule has 1 aromatic carbocycles. The van der Waals surface area contributed by atoms with E-state index in [9.17, 15) is 4.79 Å². The number of carbonyl (C=O) groups is 1. The van der Waals surface area contributed by atoms with Crippen LogP contribution >= 0.6 is 0 Å². The van der Waals surface area contributed by atoms with Crippen molar-refractivity contribution in [1.82, 2.24) is 15.2 Å². The number of aromatic nitrogens is 1. The van der Waals surface area contributed by atoms with Gasteiger partial charge in [0.15, 0.2) is 0 Å². The van der Waals surface area contributed by atoms with Crippen molar-refractivity contribution in [1.29, 1.82) is 0 Å². The monoisotopic (exact) mass is 349 g/mol. The first-order chi connectivity index (χ1) is 12.7. The number of para-hydroxylation sites is 1. The van der Waals surface area contributed by atoms with Crippen LogP contribution in [-0.4, -0.2) is 34.9 Å². The van der Waals surface area contributed by atoms with E-state index in [2.05, 4.69) is 16.4 Å². The Hall–Kier alpha value is -2.66. The average Bonchev–Trinajstić information content (AvgIpc) is 3.02. The molecule has 1 saturated heterocycles. The average molecular weight is 349 g/mol. The number of rotatable bonds is 4. The summed E-state index contributed by atoms with van der Waals surface area (Å²) in [7, 11) is 0. The summed E-state index contributed by atoms with van der Waals surface area (Å²) in [4.78, 5) is 18.4. The van der Waals surface area contributed by atoms with E-state index in [1.165, 1.54) is 10.9 Å². The van der Waals surface area contributed by atoms with Gasteiger partial charge in [-0.05, 0) is 38.0 Å². The van der Waals surface area contributed by atoms with Gasteiger partial charge in [0.1, 0.15) is 11.3 Å². The fraction of sp³-hybridized carbons (Fsp3) is 0.333. The molecule has 0 spiro atoms. The zero-order valence-corrected chi connectivity index (χ0v) is 14.9. The van der Waals surface area contributed by atoms with Crippen LogP contribution in [0.1, 0.15) is 34.5 Å². The summed E-state index contributed by atoms with van der Waals surface area (Å²) >= 11 is 0. The first-order valence-electron chi connectivity index (χ1n) is 9.12. The molecule has 0 saturated carbocycles. The Balaban J connectivity index is 1.34. The molecular weight excluding hydrogens is 326 g/mol. The van der Waals surface area contributed by atoms with Crippen LogP contribution in [0, 0.1) is 6.92 Å². The number of carbonyl (C=O) groups excluding carboxylic acids is 1. The number of amides is 1. The summed E-state index contributed by atoms with van der Waals surface area (Å²) in [6.45, 7) is 4.38. The van der Waals surface area contributed by atoms with Gasteiger partial charge in [-0.1, -0.05) is 18.2 Å². The zero-order chi connectivity index (χ0) is 17.9. The molecule has 3 aromatic rings. The van der Waals surface area contributed by atoms with Gasteiger partial charge >= 0.3 is 0 Å². The van der Waals surface area contributed by atoms with Crippen molar-refractivity contribution in [2.24, 2.45) is 0 Å². The number of hydrogen-bond acceptors (Lipinski definition) is 4. The molecule has 5 heteroatoms. The topological polar surface area (TPSA) is 58.4 Å².